The zero-order chi connectivity index (χ0) is 18.6. The fourth-order valence-corrected chi connectivity index (χ4v) is 2.64. The van der Waals surface area contributed by atoms with Crippen LogP contribution in [-0.2, 0) is 0 Å². The molecule has 2 aromatic carbocycles. The number of para-hydroxylation sites is 1. The van der Waals surface area contributed by atoms with E-state index in [1.165, 1.54) is 11.4 Å². The standard InChI is InChI=1S/C18H11N3.C5H3N/c1-3-13-8-7-9-14(12-13)19-18-15-10-5-6-11-16(15)20-17(4-2)21-18;1-2-4-5(3-1)6-4/h1-2,5-12H,(H,19,20,21);1-3H. The highest BCUT2D eigenvalue weighted by molar-refractivity contribution is 5.91. The number of hydrogen-bond donors (Lipinski definition) is 1. The van der Waals surface area contributed by atoms with Gasteiger partial charge in [-0.05, 0) is 48.4 Å². The first-order chi connectivity index (χ1) is 13.3. The van der Waals surface area contributed by atoms with Crippen molar-refractivity contribution < 1.29 is 0 Å². The lowest BCUT2D eigenvalue weighted by atomic mass is 10.2. The lowest BCUT2D eigenvalue weighted by molar-refractivity contribution is 1.17. The molecule has 0 fully saturated rings. The molecule has 0 spiro atoms. The predicted molar refractivity (Wildman–Crippen MR) is 108 cm³/mol. The van der Waals surface area contributed by atoms with E-state index in [0.29, 0.717) is 11.6 Å². The summed E-state index contributed by atoms with van der Waals surface area (Å²) in [5.74, 6) is 6.10. The summed E-state index contributed by atoms with van der Waals surface area (Å²) in [6.07, 6.45) is 10.8. The van der Waals surface area contributed by atoms with Crippen molar-refractivity contribution in [3.63, 3.8) is 0 Å². The van der Waals surface area contributed by atoms with Gasteiger partial charge in [0.1, 0.15) is 5.82 Å². The van der Waals surface area contributed by atoms with Crippen LogP contribution in [0.1, 0.15) is 11.4 Å². The van der Waals surface area contributed by atoms with E-state index in [9.17, 15) is 0 Å². The van der Waals surface area contributed by atoms with Gasteiger partial charge in [-0.3, -0.25) is 0 Å². The number of hydrogen-bond acceptors (Lipinski definition) is 4. The van der Waals surface area contributed by atoms with E-state index in [1.54, 1.807) is 0 Å². The van der Waals surface area contributed by atoms with Crippen LogP contribution in [0.3, 0.4) is 0 Å². The van der Waals surface area contributed by atoms with Crippen molar-refractivity contribution in [1.82, 2.24) is 15.0 Å². The molecule has 3 aromatic rings. The molecule has 4 heteroatoms. The van der Waals surface area contributed by atoms with Crippen LogP contribution < -0.4 is 5.32 Å². The van der Waals surface area contributed by atoms with Gasteiger partial charge >= 0.3 is 0 Å². The van der Waals surface area contributed by atoms with Gasteiger partial charge in [-0.15, -0.1) is 12.8 Å². The third-order valence-corrected chi connectivity index (χ3v) is 3.99. The Kier molecular flexibility index (Phi) is 4.23. The highest BCUT2D eigenvalue weighted by Gasteiger charge is 2.10. The number of nitrogens with one attached hydrogen (secondary N) is 1. The summed E-state index contributed by atoms with van der Waals surface area (Å²) in [6, 6.07) is 21.3. The summed E-state index contributed by atoms with van der Waals surface area (Å²) in [7, 11) is 0. The summed E-state index contributed by atoms with van der Waals surface area (Å²) < 4.78 is 0. The van der Waals surface area contributed by atoms with Crippen LogP contribution in [0.5, 0.6) is 0 Å². The van der Waals surface area contributed by atoms with Crippen molar-refractivity contribution in [1.29, 1.82) is 0 Å². The minimum atomic E-state index is 0.351. The molecule has 1 aliphatic heterocycles. The average Bonchev–Trinajstić information content (AvgIpc) is 3.33. The first-order valence-electron chi connectivity index (χ1n) is 8.31. The topological polar surface area (TPSA) is 50.7 Å². The monoisotopic (exact) mass is 346 g/mol. The molecule has 0 amide bonds. The van der Waals surface area contributed by atoms with E-state index in [2.05, 4.69) is 32.1 Å². The largest absolute Gasteiger partial charge is 0.340 e. The Bertz CT molecular complexity index is 1210. The van der Waals surface area contributed by atoms with E-state index < -0.39 is 0 Å². The number of aromatic nitrogens is 3. The number of nitrogens with zero attached hydrogens (tertiary/aromatic N) is 3. The number of pyridine rings is 1. The second kappa shape index (κ2) is 7.00. The normalized spacial score (nSPS) is 10.1. The maximum atomic E-state index is 5.42. The Morgan fingerprint density at radius 1 is 0.741 bits per heavy atom. The number of rotatable bonds is 2. The molecule has 1 aliphatic carbocycles. The van der Waals surface area contributed by atoms with E-state index >= 15 is 0 Å². The summed E-state index contributed by atoms with van der Waals surface area (Å²) >= 11 is 0. The fourth-order valence-electron chi connectivity index (χ4n) is 2.64. The van der Waals surface area contributed by atoms with Gasteiger partial charge in [0.2, 0.25) is 5.82 Å². The third kappa shape index (κ3) is 3.61. The smallest absolute Gasteiger partial charge is 0.207 e. The van der Waals surface area contributed by atoms with Crippen LogP contribution in [0, 0.1) is 24.7 Å². The third-order valence-electron chi connectivity index (χ3n) is 3.99. The molecule has 0 saturated heterocycles. The highest BCUT2D eigenvalue weighted by Crippen LogP contribution is 2.25. The minimum absolute atomic E-state index is 0.351. The Labute approximate surface area is 157 Å². The lowest BCUT2D eigenvalue weighted by Gasteiger charge is -2.09. The number of benzene rings is 2. The Balaban J connectivity index is 0.000000250. The molecule has 2 heterocycles. The lowest BCUT2D eigenvalue weighted by Crippen LogP contribution is -1.99. The molecular formula is C23H14N4. The molecule has 126 valence electrons. The van der Waals surface area contributed by atoms with Crippen molar-refractivity contribution >= 4 is 22.4 Å². The molecule has 0 atom stereocenters. The fraction of sp³-hybridized carbons (Fsp3) is 0. The predicted octanol–water partition coefficient (Wildman–Crippen LogP) is 4.40. The second-order valence-electron chi connectivity index (χ2n) is 5.82. The minimum Gasteiger partial charge on any atom is -0.340 e. The summed E-state index contributed by atoms with van der Waals surface area (Å²) in [5, 5.41) is 4.16. The van der Waals surface area contributed by atoms with Gasteiger partial charge in [-0.1, -0.05) is 30.2 Å². The second-order valence-corrected chi connectivity index (χ2v) is 5.82. The molecule has 27 heavy (non-hydrogen) atoms. The van der Waals surface area contributed by atoms with Gasteiger partial charge in [0.25, 0.3) is 0 Å². The average molecular weight is 346 g/mol. The van der Waals surface area contributed by atoms with E-state index in [-0.39, 0.29) is 0 Å². The number of anilines is 2. The highest BCUT2D eigenvalue weighted by atomic mass is 15.0. The van der Waals surface area contributed by atoms with Gasteiger partial charge in [-0.25, -0.2) is 15.0 Å². The first-order valence-corrected chi connectivity index (χ1v) is 8.31. The number of terminal acetylenes is 2. The van der Waals surface area contributed by atoms with Crippen molar-refractivity contribution in [2.24, 2.45) is 0 Å². The van der Waals surface area contributed by atoms with Crippen molar-refractivity contribution in [3.8, 4) is 36.1 Å². The van der Waals surface area contributed by atoms with E-state index in [1.807, 2.05) is 66.7 Å². The van der Waals surface area contributed by atoms with Gasteiger partial charge in [0.15, 0.2) is 0 Å². The van der Waals surface area contributed by atoms with E-state index in [4.69, 9.17) is 12.8 Å². The summed E-state index contributed by atoms with van der Waals surface area (Å²) in [6.45, 7) is 0. The zero-order valence-corrected chi connectivity index (χ0v) is 14.3. The maximum Gasteiger partial charge on any atom is 0.207 e. The molecule has 0 saturated carbocycles. The molecule has 5 rings (SSSR count). The maximum absolute atomic E-state index is 5.42. The molecular weight excluding hydrogens is 332 g/mol. The van der Waals surface area contributed by atoms with Gasteiger partial charge in [0, 0.05) is 16.6 Å². The van der Waals surface area contributed by atoms with Crippen LogP contribution in [0.25, 0.3) is 22.3 Å². The van der Waals surface area contributed by atoms with Crippen LogP contribution in [0.2, 0.25) is 0 Å². The van der Waals surface area contributed by atoms with Crippen molar-refractivity contribution in [2.75, 3.05) is 5.32 Å². The Morgan fingerprint density at radius 2 is 1.52 bits per heavy atom. The molecule has 2 aliphatic rings. The van der Waals surface area contributed by atoms with Crippen LogP contribution >= 0.6 is 0 Å². The molecule has 0 unspecified atom stereocenters. The Morgan fingerprint density at radius 3 is 2.19 bits per heavy atom. The quantitative estimate of drug-likeness (QED) is 0.481. The first kappa shape index (κ1) is 16.3. The summed E-state index contributed by atoms with van der Waals surface area (Å²) in [5.41, 5.74) is 4.81. The molecule has 4 nitrogen and oxygen atoms in total. The SMILES string of the molecule is C#Cc1cccc(Nc2nc(C#C)nc3ccccc23)c1.c1cc2nc-2c1. The van der Waals surface area contributed by atoms with Crippen molar-refractivity contribution in [3.05, 3.63) is 78.1 Å². The van der Waals surface area contributed by atoms with Gasteiger partial charge in [-0.2, -0.15) is 0 Å². The summed E-state index contributed by atoms with van der Waals surface area (Å²) in [4.78, 5) is 12.6. The van der Waals surface area contributed by atoms with Gasteiger partial charge < -0.3 is 5.32 Å². The van der Waals surface area contributed by atoms with E-state index in [0.717, 1.165) is 22.2 Å². The molecule has 1 aromatic heterocycles. The molecule has 0 bridgehead atoms. The number of fused-ring (bicyclic) bond motifs is 2. The molecule has 0 radical (unpaired) electrons. The van der Waals surface area contributed by atoms with Crippen molar-refractivity contribution in [2.45, 2.75) is 0 Å². The van der Waals surface area contributed by atoms with Gasteiger partial charge in [0.05, 0.1) is 16.9 Å². The zero-order valence-electron chi connectivity index (χ0n) is 14.3. The van der Waals surface area contributed by atoms with Crippen LogP contribution in [0.15, 0.2) is 66.7 Å². The Hall–Kier alpha value is -4.15. The van der Waals surface area contributed by atoms with Crippen LogP contribution in [-0.4, -0.2) is 15.0 Å². The van der Waals surface area contributed by atoms with Crippen LogP contribution in [0.4, 0.5) is 11.5 Å². The molecule has 1 N–H and O–H groups in total.